The number of carbonyl (C=O) groups excluding carboxylic acids is 1. The molecule has 2 rings (SSSR count). The Morgan fingerprint density at radius 3 is 2.84 bits per heavy atom. The number of anilines is 1. The summed E-state index contributed by atoms with van der Waals surface area (Å²) in [4.78, 5) is 11.8. The van der Waals surface area contributed by atoms with Crippen LogP contribution in [0, 0.1) is 0 Å². The van der Waals surface area contributed by atoms with Gasteiger partial charge in [0.05, 0.1) is 18.4 Å². The van der Waals surface area contributed by atoms with Crippen LogP contribution in [0.25, 0.3) is 0 Å². The maximum atomic E-state index is 11.8. The van der Waals surface area contributed by atoms with Crippen LogP contribution in [-0.4, -0.2) is 30.3 Å². The lowest BCUT2D eigenvalue weighted by Crippen LogP contribution is -2.28. The Kier molecular flexibility index (Phi) is 4.63. The first-order chi connectivity index (χ1) is 9.16. The molecule has 5 nitrogen and oxygen atoms in total. The number of amides is 1. The molecule has 0 aliphatic heterocycles. The van der Waals surface area contributed by atoms with Crippen LogP contribution >= 0.6 is 0 Å². The topological polar surface area (TPSA) is 84.6 Å². The van der Waals surface area contributed by atoms with E-state index in [0.29, 0.717) is 24.8 Å². The number of aromatic hydroxyl groups is 1. The number of benzene rings is 1. The van der Waals surface area contributed by atoms with Crippen LogP contribution in [0.15, 0.2) is 18.2 Å². The molecule has 0 spiro atoms. The van der Waals surface area contributed by atoms with Gasteiger partial charge in [-0.15, -0.1) is 0 Å². The van der Waals surface area contributed by atoms with Crippen molar-refractivity contribution in [2.45, 2.75) is 31.8 Å². The molecule has 1 amide bonds. The number of nitrogen functional groups attached to an aromatic ring is 1. The van der Waals surface area contributed by atoms with E-state index in [4.69, 9.17) is 10.5 Å². The van der Waals surface area contributed by atoms with Crippen LogP contribution in [0.1, 0.15) is 36.0 Å². The Hall–Kier alpha value is -1.75. The molecule has 1 aromatic rings. The smallest absolute Gasteiger partial charge is 0.251 e. The number of phenols is 1. The summed E-state index contributed by atoms with van der Waals surface area (Å²) in [5.41, 5.74) is 6.14. The van der Waals surface area contributed by atoms with Gasteiger partial charge in [0.2, 0.25) is 0 Å². The number of nitrogens with one attached hydrogen (secondary N) is 1. The van der Waals surface area contributed by atoms with E-state index in [1.54, 1.807) is 6.07 Å². The number of hydrogen-bond donors (Lipinski definition) is 3. The van der Waals surface area contributed by atoms with Gasteiger partial charge in [-0.05, 0) is 31.0 Å². The van der Waals surface area contributed by atoms with Crippen LogP contribution in [0.3, 0.4) is 0 Å². The molecule has 19 heavy (non-hydrogen) atoms. The first-order valence-electron chi connectivity index (χ1n) is 6.65. The Morgan fingerprint density at radius 2 is 2.16 bits per heavy atom. The van der Waals surface area contributed by atoms with Gasteiger partial charge in [0.25, 0.3) is 5.91 Å². The molecule has 0 bridgehead atoms. The van der Waals surface area contributed by atoms with Crippen LogP contribution in [0.4, 0.5) is 5.69 Å². The van der Waals surface area contributed by atoms with E-state index in [-0.39, 0.29) is 17.3 Å². The number of ether oxygens (including phenoxy) is 1. The van der Waals surface area contributed by atoms with E-state index in [1.165, 1.54) is 25.0 Å². The van der Waals surface area contributed by atoms with E-state index in [0.717, 1.165) is 12.8 Å². The largest absolute Gasteiger partial charge is 0.506 e. The molecule has 1 aliphatic rings. The molecule has 0 heterocycles. The fourth-order valence-corrected chi connectivity index (χ4v) is 2.23. The van der Waals surface area contributed by atoms with Crippen LogP contribution in [-0.2, 0) is 4.74 Å². The standard InChI is InChI=1S/C14H20N2O3/c15-12-6-5-10(9-13(12)17)14(18)16-7-8-19-11-3-1-2-4-11/h5-6,9,11,17H,1-4,7-8,15H2,(H,16,18). The number of rotatable bonds is 5. The zero-order chi connectivity index (χ0) is 13.7. The second-order valence-electron chi connectivity index (χ2n) is 4.81. The first kappa shape index (κ1) is 13.7. The highest BCUT2D eigenvalue weighted by Crippen LogP contribution is 2.21. The maximum Gasteiger partial charge on any atom is 0.251 e. The average Bonchev–Trinajstić information content (AvgIpc) is 2.91. The van der Waals surface area contributed by atoms with Crippen molar-refractivity contribution in [2.75, 3.05) is 18.9 Å². The molecular weight excluding hydrogens is 244 g/mol. The fraction of sp³-hybridized carbons (Fsp3) is 0.500. The molecule has 1 fully saturated rings. The summed E-state index contributed by atoms with van der Waals surface area (Å²) in [6.45, 7) is 0.998. The van der Waals surface area contributed by atoms with Gasteiger partial charge in [0.1, 0.15) is 5.75 Å². The van der Waals surface area contributed by atoms with Crippen molar-refractivity contribution in [3.8, 4) is 5.75 Å². The third kappa shape index (κ3) is 3.86. The Bertz CT molecular complexity index is 442. The highest BCUT2D eigenvalue weighted by Gasteiger charge is 2.15. The third-order valence-corrected chi connectivity index (χ3v) is 3.34. The van der Waals surface area contributed by atoms with Crippen LogP contribution < -0.4 is 11.1 Å². The highest BCUT2D eigenvalue weighted by molar-refractivity contribution is 5.95. The van der Waals surface area contributed by atoms with Crippen molar-refractivity contribution in [3.63, 3.8) is 0 Å². The van der Waals surface area contributed by atoms with Crippen molar-refractivity contribution in [2.24, 2.45) is 0 Å². The van der Waals surface area contributed by atoms with Gasteiger partial charge < -0.3 is 20.9 Å². The molecule has 0 unspecified atom stereocenters. The molecule has 0 aromatic heterocycles. The van der Waals surface area contributed by atoms with E-state index in [1.807, 2.05) is 0 Å². The quantitative estimate of drug-likeness (QED) is 0.429. The molecule has 0 saturated heterocycles. The summed E-state index contributed by atoms with van der Waals surface area (Å²) in [6, 6.07) is 4.46. The fourth-order valence-electron chi connectivity index (χ4n) is 2.23. The second-order valence-corrected chi connectivity index (χ2v) is 4.81. The van der Waals surface area contributed by atoms with Crippen molar-refractivity contribution in [1.29, 1.82) is 0 Å². The lowest BCUT2D eigenvalue weighted by Gasteiger charge is -2.11. The maximum absolute atomic E-state index is 11.8. The minimum absolute atomic E-state index is 0.0742. The van der Waals surface area contributed by atoms with E-state index in [9.17, 15) is 9.90 Å². The molecule has 4 N–H and O–H groups in total. The van der Waals surface area contributed by atoms with Crippen LogP contribution in [0.5, 0.6) is 5.75 Å². The molecule has 1 aromatic carbocycles. The normalized spacial score (nSPS) is 15.6. The zero-order valence-electron chi connectivity index (χ0n) is 10.9. The molecule has 104 valence electrons. The van der Waals surface area contributed by atoms with Gasteiger partial charge in [-0.2, -0.15) is 0 Å². The van der Waals surface area contributed by atoms with E-state index in [2.05, 4.69) is 5.32 Å². The van der Waals surface area contributed by atoms with E-state index >= 15 is 0 Å². The van der Waals surface area contributed by atoms with Gasteiger partial charge >= 0.3 is 0 Å². The van der Waals surface area contributed by atoms with Gasteiger partial charge in [-0.25, -0.2) is 0 Å². The van der Waals surface area contributed by atoms with Crippen molar-refractivity contribution < 1.29 is 14.6 Å². The number of phenolic OH excluding ortho intramolecular Hbond substituents is 1. The van der Waals surface area contributed by atoms with E-state index < -0.39 is 0 Å². The van der Waals surface area contributed by atoms with Gasteiger partial charge in [-0.1, -0.05) is 12.8 Å². The van der Waals surface area contributed by atoms with Gasteiger partial charge in [0, 0.05) is 12.1 Å². The molecule has 1 saturated carbocycles. The third-order valence-electron chi connectivity index (χ3n) is 3.34. The lowest BCUT2D eigenvalue weighted by molar-refractivity contribution is 0.0582. The summed E-state index contributed by atoms with van der Waals surface area (Å²) in [5.74, 6) is -0.305. The van der Waals surface area contributed by atoms with Gasteiger partial charge in [0.15, 0.2) is 0 Å². The Balaban J connectivity index is 1.72. The first-order valence-corrected chi connectivity index (χ1v) is 6.65. The Morgan fingerprint density at radius 1 is 1.42 bits per heavy atom. The molecule has 1 aliphatic carbocycles. The summed E-state index contributed by atoms with van der Waals surface area (Å²) in [7, 11) is 0. The minimum atomic E-state index is -0.231. The van der Waals surface area contributed by atoms with Gasteiger partial charge in [-0.3, -0.25) is 4.79 Å². The predicted octanol–water partition coefficient (Wildman–Crippen LogP) is 1.66. The highest BCUT2D eigenvalue weighted by atomic mass is 16.5. The lowest BCUT2D eigenvalue weighted by atomic mass is 10.2. The number of hydrogen-bond acceptors (Lipinski definition) is 4. The summed E-state index contributed by atoms with van der Waals surface area (Å²) < 4.78 is 5.65. The van der Waals surface area contributed by atoms with Crippen molar-refractivity contribution in [3.05, 3.63) is 23.8 Å². The minimum Gasteiger partial charge on any atom is -0.506 e. The molecule has 0 radical (unpaired) electrons. The summed E-state index contributed by atoms with van der Waals surface area (Å²) in [6.07, 6.45) is 5.08. The average molecular weight is 264 g/mol. The van der Waals surface area contributed by atoms with Crippen LogP contribution in [0.2, 0.25) is 0 Å². The number of carbonyl (C=O) groups is 1. The second kappa shape index (κ2) is 6.43. The molecular formula is C14H20N2O3. The van der Waals surface area contributed by atoms with Crippen molar-refractivity contribution >= 4 is 11.6 Å². The molecule has 0 atom stereocenters. The summed E-state index contributed by atoms with van der Waals surface area (Å²) >= 11 is 0. The molecule has 5 heteroatoms. The summed E-state index contributed by atoms with van der Waals surface area (Å²) in [5, 5.41) is 12.2. The predicted molar refractivity (Wildman–Crippen MR) is 73.1 cm³/mol. The SMILES string of the molecule is Nc1ccc(C(=O)NCCOC2CCCC2)cc1O. The zero-order valence-corrected chi connectivity index (χ0v) is 10.9. The monoisotopic (exact) mass is 264 g/mol. The number of nitrogens with two attached hydrogens (primary N) is 1. The Labute approximate surface area is 112 Å². The van der Waals surface area contributed by atoms with Crippen molar-refractivity contribution in [1.82, 2.24) is 5.32 Å².